The van der Waals surface area contributed by atoms with E-state index in [1.54, 1.807) is 10.9 Å². The lowest BCUT2D eigenvalue weighted by Gasteiger charge is -1.99. The van der Waals surface area contributed by atoms with E-state index in [0.29, 0.717) is 5.69 Å². The topological polar surface area (TPSA) is 66.0 Å². The molecule has 2 rings (SSSR count). The van der Waals surface area contributed by atoms with E-state index in [0.717, 1.165) is 10.2 Å². The first-order valence-electron chi connectivity index (χ1n) is 4.28. The van der Waals surface area contributed by atoms with E-state index >= 15 is 0 Å². The van der Waals surface area contributed by atoms with Gasteiger partial charge in [0.1, 0.15) is 12.3 Å². The van der Waals surface area contributed by atoms with Gasteiger partial charge in [-0.3, -0.25) is 4.84 Å². The first kappa shape index (κ1) is 10.3. The summed E-state index contributed by atoms with van der Waals surface area (Å²) in [7, 11) is 0. The summed E-state index contributed by atoms with van der Waals surface area (Å²) in [6.07, 6.45) is 1.77. The molecule has 5 nitrogen and oxygen atoms in total. The van der Waals surface area contributed by atoms with E-state index in [1.807, 2.05) is 24.3 Å². The van der Waals surface area contributed by atoms with Gasteiger partial charge >= 0.3 is 0 Å². The van der Waals surface area contributed by atoms with E-state index in [9.17, 15) is 0 Å². The number of nitrogens with two attached hydrogens (primary N) is 1. The van der Waals surface area contributed by atoms with Crippen LogP contribution in [0.5, 0.6) is 0 Å². The molecule has 0 aliphatic rings. The third kappa shape index (κ3) is 2.41. The van der Waals surface area contributed by atoms with Crippen LogP contribution in [-0.2, 0) is 11.4 Å². The van der Waals surface area contributed by atoms with Crippen molar-refractivity contribution in [3.05, 3.63) is 40.6 Å². The van der Waals surface area contributed by atoms with Crippen LogP contribution in [0.4, 0.5) is 0 Å². The van der Waals surface area contributed by atoms with Crippen LogP contribution in [-0.4, -0.2) is 15.0 Å². The van der Waals surface area contributed by atoms with Crippen LogP contribution in [0.15, 0.2) is 34.9 Å². The molecule has 0 saturated carbocycles. The van der Waals surface area contributed by atoms with Gasteiger partial charge in [0.15, 0.2) is 0 Å². The maximum absolute atomic E-state index is 4.95. The Balaban J connectivity index is 2.29. The van der Waals surface area contributed by atoms with E-state index in [1.165, 1.54) is 0 Å². The number of nitrogens with zero attached hydrogens (tertiary/aromatic N) is 3. The molecule has 0 atom stereocenters. The molecule has 15 heavy (non-hydrogen) atoms. The molecule has 0 unspecified atom stereocenters. The summed E-state index contributed by atoms with van der Waals surface area (Å²) in [4.78, 5) is 4.48. The number of hydrogen-bond donors (Lipinski definition) is 1. The second-order valence-corrected chi connectivity index (χ2v) is 3.86. The van der Waals surface area contributed by atoms with Gasteiger partial charge in [0, 0.05) is 4.47 Å². The molecule has 0 saturated heterocycles. The van der Waals surface area contributed by atoms with Crippen LogP contribution < -0.4 is 5.90 Å². The molecule has 2 aromatic rings. The van der Waals surface area contributed by atoms with Crippen LogP contribution >= 0.6 is 15.9 Å². The van der Waals surface area contributed by atoms with Crippen LogP contribution in [0.25, 0.3) is 5.69 Å². The van der Waals surface area contributed by atoms with Crippen molar-refractivity contribution in [1.29, 1.82) is 0 Å². The molecule has 0 aliphatic carbocycles. The predicted molar refractivity (Wildman–Crippen MR) is 58.0 cm³/mol. The van der Waals surface area contributed by atoms with Gasteiger partial charge in [0.05, 0.1) is 11.9 Å². The summed E-state index contributed by atoms with van der Waals surface area (Å²) in [5.74, 6) is 4.95. The minimum absolute atomic E-state index is 0.258. The molecular formula is C9H9BrN4O. The average Bonchev–Trinajstić information content (AvgIpc) is 2.67. The second-order valence-electron chi connectivity index (χ2n) is 2.95. The molecule has 0 aliphatic heterocycles. The SMILES string of the molecule is NOCc1cn(-c2cccc(Br)c2)nn1. The fourth-order valence-electron chi connectivity index (χ4n) is 1.19. The van der Waals surface area contributed by atoms with Gasteiger partial charge in [-0.2, -0.15) is 0 Å². The molecule has 6 heteroatoms. The van der Waals surface area contributed by atoms with Crippen LogP contribution in [0.3, 0.4) is 0 Å². The van der Waals surface area contributed by atoms with Gasteiger partial charge in [0.2, 0.25) is 0 Å². The lowest BCUT2D eigenvalue weighted by Crippen LogP contribution is -1.98. The smallest absolute Gasteiger partial charge is 0.113 e. The van der Waals surface area contributed by atoms with Crippen molar-refractivity contribution in [2.45, 2.75) is 6.61 Å². The van der Waals surface area contributed by atoms with Gasteiger partial charge in [-0.15, -0.1) is 5.10 Å². The van der Waals surface area contributed by atoms with Gasteiger partial charge < -0.3 is 0 Å². The number of halogens is 1. The largest absolute Gasteiger partial charge is 0.298 e. The van der Waals surface area contributed by atoms with E-state index in [2.05, 4.69) is 31.1 Å². The highest BCUT2D eigenvalue weighted by Gasteiger charge is 2.02. The minimum atomic E-state index is 0.258. The lowest BCUT2D eigenvalue weighted by atomic mass is 10.3. The van der Waals surface area contributed by atoms with Gasteiger partial charge in [-0.05, 0) is 18.2 Å². The number of rotatable bonds is 3. The van der Waals surface area contributed by atoms with Crippen LogP contribution in [0.2, 0.25) is 0 Å². The molecule has 1 aromatic carbocycles. The maximum Gasteiger partial charge on any atom is 0.113 e. The second kappa shape index (κ2) is 4.52. The Morgan fingerprint density at radius 1 is 1.47 bits per heavy atom. The summed E-state index contributed by atoms with van der Waals surface area (Å²) in [6.45, 7) is 0.258. The molecule has 0 radical (unpaired) electrons. The van der Waals surface area contributed by atoms with Crippen molar-refractivity contribution in [2.24, 2.45) is 5.90 Å². The maximum atomic E-state index is 4.95. The molecule has 1 heterocycles. The van der Waals surface area contributed by atoms with Crippen LogP contribution in [0.1, 0.15) is 5.69 Å². The highest BCUT2D eigenvalue weighted by Crippen LogP contribution is 2.14. The standard InChI is InChI=1S/C9H9BrN4O/c10-7-2-1-3-9(4-7)14-5-8(6-15-11)12-13-14/h1-5H,6,11H2. The Kier molecular flexibility index (Phi) is 3.10. The van der Waals surface area contributed by atoms with Crippen molar-refractivity contribution in [2.75, 3.05) is 0 Å². The normalized spacial score (nSPS) is 10.5. The summed E-state index contributed by atoms with van der Waals surface area (Å²) in [6, 6.07) is 7.76. The van der Waals surface area contributed by atoms with E-state index in [4.69, 9.17) is 5.90 Å². The monoisotopic (exact) mass is 268 g/mol. The highest BCUT2D eigenvalue weighted by molar-refractivity contribution is 9.10. The summed E-state index contributed by atoms with van der Waals surface area (Å²) in [5, 5.41) is 7.86. The van der Waals surface area contributed by atoms with Crippen molar-refractivity contribution in [3.8, 4) is 5.69 Å². The molecule has 78 valence electrons. The van der Waals surface area contributed by atoms with Crippen molar-refractivity contribution < 1.29 is 4.84 Å². The lowest BCUT2D eigenvalue weighted by molar-refractivity contribution is 0.121. The van der Waals surface area contributed by atoms with Gasteiger partial charge in [-0.1, -0.05) is 27.2 Å². The Hall–Kier alpha value is -1.24. The fraction of sp³-hybridized carbons (Fsp3) is 0.111. The molecule has 2 N–H and O–H groups in total. The zero-order valence-electron chi connectivity index (χ0n) is 7.80. The first-order valence-corrected chi connectivity index (χ1v) is 5.08. The molecular weight excluding hydrogens is 260 g/mol. The fourth-order valence-corrected chi connectivity index (χ4v) is 1.58. The molecule has 0 spiro atoms. The van der Waals surface area contributed by atoms with Crippen molar-refractivity contribution in [1.82, 2.24) is 15.0 Å². The Bertz CT molecular complexity index is 457. The molecule has 0 fully saturated rings. The Labute approximate surface area is 94.9 Å². The minimum Gasteiger partial charge on any atom is -0.298 e. The van der Waals surface area contributed by atoms with E-state index in [-0.39, 0.29) is 6.61 Å². The average molecular weight is 269 g/mol. The van der Waals surface area contributed by atoms with E-state index < -0.39 is 0 Å². The summed E-state index contributed by atoms with van der Waals surface area (Å²) in [5.41, 5.74) is 1.62. The number of benzene rings is 1. The predicted octanol–water partition coefficient (Wildman–Crippen LogP) is 1.42. The zero-order valence-corrected chi connectivity index (χ0v) is 9.39. The molecule has 1 aromatic heterocycles. The number of aromatic nitrogens is 3. The molecule has 0 amide bonds. The summed E-state index contributed by atoms with van der Waals surface area (Å²) >= 11 is 3.39. The quantitative estimate of drug-likeness (QED) is 0.856. The first-order chi connectivity index (χ1) is 7.29. The summed E-state index contributed by atoms with van der Waals surface area (Å²) < 4.78 is 2.66. The van der Waals surface area contributed by atoms with Crippen LogP contribution in [0, 0.1) is 0 Å². The Morgan fingerprint density at radius 2 is 2.33 bits per heavy atom. The highest BCUT2D eigenvalue weighted by atomic mass is 79.9. The van der Waals surface area contributed by atoms with Crippen molar-refractivity contribution >= 4 is 15.9 Å². The third-order valence-corrected chi connectivity index (χ3v) is 2.34. The van der Waals surface area contributed by atoms with Gasteiger partial charge in [-0.25, -0.2) is 10.6 Å². The van der Waals surface area contributed by atoms with Gasteiger partial charge in [0.25, 0.3) is 0 Å². The third-order valence-electron chi connectivity index (χ3n) is 1.84. The molecule has 0 bridgehead atoms. The zero-order chi connectivity index (χ0) is 10.7. The number of hydrogen-bond acceptors (Lipinski definition) is 4. The Morgan fingerprint density at radius 3 is 3.07 bits per heavy atom. The van der Waals surface area contributed by atoms with Crippen molar-refractivity contribution in [3.63, 3.8) is 0 Å².